The van der Waals surface area contributed by atoms with Crippen molar-refractivity contribution in [1.82, 2.24) is 5.32 Å². The molecule has 0 atom stereocenters. The second-order valence-corrected chi connectivity index (χ2v) is 11.5. The molecule has 1 saturated heterocycles. The van der Waals surface area contributed by atoms with Gasteiger partial charge in [-0.15, -0.1) is 0 Å². The average molecular weight is 712 g/mol. The van der Waals surface area contributed by atoms with Crippen LogP contribution < -0.4 is 14.8 Å². The molecule has 1 amide bonds. The second-order valence-electron chi connectivity index (χ2n) is 7.24. The summed E-state index contributed by atoms with van der Waals surface area (Å²) in [5.74, 6) is 0.689. The summed E-state index contributed by atoms with van der Waals surface area (Å²) in [6.07, 6.45) is 1.73. The fourth-order valence-corrected chi connectivity index (χ4v) is 5.47. The molecule has 5 nitrogen and oxygen atoms in total. The van der Waals surface area contributed by atoms with Crippen LogP contribution in [0, 0.1) is 0 Å². The minimum absolute atomic E-state index is 0.242. The number of benzene rings is 3. The highest BCUT2D eigenvalue weighted by molar-refractivity contribution is 9.13. The first-order valence-electron chi connectivity index (χ1n) is 10.0. The van der Waals surface area contributed by atoms with E-state index < -0.39 is 0 Å². The molecule has 1 heterocycles. The van der Waals surface area contributed by atoms with Gasteiger partial charge in [-0.1, -0.05) is 52.5 Å². The van der Waals surface area contributed by atoms with E-state index in [1.807, 2.05) is 6.07 Å². The van der Waals surface area contributed by atoms with Gasteiger partial charge >= 0.3 is 0 Å². The molecule has 0 aromatic heterocycles. The number of amides is 1. The topological polar surface area (TPSA) is 59.9 Å². The van der Waals surface area contributed by atoms with Gasteiger partial charge in [0.15, 0.2) is 16.7 Å². The third-order valence-corrected chi connectivity index (χ3v) is 9.35. The molecule has 0 radical (unpaired) electrons. The number of aliphatic imine (C=N–C) groups is 1. The van der Waals surface area contributed by atoms with Crippen molar-refractivity contribution < 1.29 is 14.3 Å². The van der Waals surface area contributed by atoms with Crippen LogP contribution in [0.2, 0.25) is 20.1 Å². The summed E-state index contributed by atoms with van der Waals surface area (Å²) in [6, 6.07) is 12.0. The molecule has 0 unspecified atom stereocenters. The molecule has 1 aliphatic rings. The summed E-state index contributed by atoms with van der Waals surface area (Å²) in [5, 5.41) is 4.90. The fraction of sp³-hybridized carbons (Fsp3) is 0.0833. The third-order valence-electron chi connectivity index (χ3n) is 4.81. The van der Waals surface area contributed by atoms with Crippen LogP contribution in [-0.2, 0) is 11.4 Å². The number of thioether (sulfide) groups is 1. The number of halogens is 6. The maximum Gasteiger partial charge on any atom is 0.264 e. The monoisotopic (exact) mass is 708 g/mol. The molecule has 186 valence electrons. The van der Waals surface area contributed by atoms with Gasteiger partial charge in [-0.25, -0.2) is 4.99 Å². The van der Waals surface area contributed by atoms with E-state index in [9.17, 15) is 4.79 Å². The van der Waals surface area contributed by atoms with Gasteiger partial charge in [-0.2, -0.15) is 0 Å². The molecule has 4 rings (SSSR count). The Morgan fingerprint density at radius 3 is 2.33 bits per heavy atom. The highest BCUT2D eigenvalue weighted by atomic mass is 79.9. The zero-order valence-electron chi connectivity index (χ0n) is 18.2. The summed E-state index contributed by atoms with van der Waals surface area (Å²) >= 11 is 32.5. The lowest BCUT2D eigenvalue weighted by Gasteiger charge is -2.16. The molecule has 3 aromatic rings. The summed E-state index contributed by atoms with van der Waals surface area (Å²) in [5.41, 5.74) is 2.12. The first-order chi connectivity index (χ1) is 17.2. The van der Waals surface area contributed by atoms with Crippen molar-refractivity contribution >= 4 is 113 Å². The van der Waals surface area contributed by atoms with Crippen LogP contribution in [0.5, 0.6) is 11.5 Å². The molecule has 12 heteroatoms. The highest BCUT2D eigenvalue weighted by Crippen LogP contribution is 2.44. The minimum Gasteiger partial charge on any atom is -0.493 e. The Labute approximate surface area is 248 Å². The number of nitrogens with zero attached hydrogens (tertiary/aromatic N) is 1. The van der Waals surface area contributed by atoms with E-state index in [0.29, 0.717) is 61.9 Å². The highest BCUT2D eigenvalue weighted by Gasteiger charge is 2.25. The average Bonchev–Trinajstić information content (AvgIpc) is 3.19. The zero-order chi connectivity index (χ0) is 26.0. The van der Waals surface area contributed by atoms with Crippen LogP contribution >= 0.6 is 90.0 Å². The largest absolute Gasteiger partial charge is 0.493 e. The standard InChI is InChI=1S/C24H14Br2Cl4N2O3S/c1-34-18-7-12(20(25)21(26)22(18)35-10-11-2-4-14(27)16(29)6-11)8-19-23(33)32-24(36-19)31-13-3-5-15(28)17(30)9-13/h2-9H,10H2,1H3,(H,31,32,33)/b19-8-. The summed E-state index contributed by atoms with van der Waals surface area (Å²) in [4.78, 5) is 17.5. The third kappa shape index (κ3) is 6.35. The first kappa shape index (κ1) is 27.6. The molecule has 3 aromatic carbocycles. The molecule has 36 heavy (non-hydrogen) atoms. The number of rotatable bonds is 6. The van der Waals surface area contributed by atoms with E-state index in [1.165, 1.54) is 18.9 Å². The van der Waals surface area contributed by atoms with Gasteiger partial charge in [-0.05, 0) is 97.2 Å². The molecule has 0 aliphatic carbocycles. The first-order valence-corrected chi connectivity index (χ1v) is 13.9. The second kappa shape index (κ2) is 12.0. The van der Waals surface area contributed by atoms with Crippen LogP contribution in [-0.4, -0.2) is 18.2 Å². The van der Waals surface area contributed by atoms with Crippen molar-refractivity contribution in [3.8, 4) is 11.5 Å². The van der Waals surface area contributed by atoms with Gasteiger partial charge in [0.1, 0.15) is 6.61 Å². The molecule has 1 aliphatic heterocycles. The summed E-state index contributed by atoms with van der Waals surface area (Å²) < 4.78 is 12.9. The van der Waals surface area contributed by atoms with Gasteiger partial charge in [-0.3, -0.25) is 4.79 Å². The minimum atomic E-state index is -0.277. The molecular formula is C24H14Br2Cl4N2O3S. The Kier molecular flexibility index (Phi) is 9.20. The lowest BCUT2D eigenvalue weighted by atomic mass is 10.1. The number of hydrogen-bond acceptors (Lipinski definition) is 5. The quantitative estimate of drug-likeness (QED) is 0.259. The van der Waals surface area contributed by atoms with E-state index in [-0.39, 0.29) is 12.5 Å². The van der Waals surface area contributed by atoms with Crippen LogP contribution in [0.1, 0.15) is 11.1 Å². The number of methoxy groups -OCH3 is 1. The number of ether oxygens (including phenoxy) is 2. The predicted molar refractivity (Wildman–Crippen MR) is 156 cm³/mol. The number of carbonyl (C=O) groups is 1. The van der Waals surface area contributed by atoms with Crippen molar-refractivity contribution in [1.29, 1.82) is 0 Å². The van der Waals surface area contributed by atoms with Gasteiger partial charge in [0.25, 0.3) is 5.91 Å². The van der Waals surface area contributed by atoms with Crippen molar-refractivity contribution in [2.75, 3.05) is 7.11 Å². The van der Waals surface area contributed by atoms with Gasteiger partial charge in [0.05, 0.1) is 42.3 Å². The van der Waals surface area contributed by atoms with Crippen LogP contribution in [0.15, 0.2) is 61.3 Å². The van der Waals surface area contributed by atoms with E-state index in [4.69, 9.17) is 55.9 Å². The SMILES string of the molecule is COc1cc(/C=C2\SC(=Nc3ccc(Cl)c(Cl)c3)NC2=O)c(Br)c(Br)c1OCc1ccc(Cl)c(Cl)c1. The van der Waals surface area contributed by atoms with E-state index in [1.54, 1.807) is 42.5 Å². The fourth-order valence-electron chi connectivity index (χ4n) is 3.07. The van der Waals surface area contributed by atoms with E-state index in [2.05, 4.69) is 42.2 Å². The number of carbonyl (C=O) groups excluding carboxylic acids is 1. The van der Waals surface area contributed by atoms with Crippen molar-refractivity contribution in [2.45, 2.75) is 6.61 Å². The maximum absolute atomic E-state index is 12.6. The van der Waals surface area contributed by atoms with Crippen LogP contribution in [0.3, 0.4) is 0 Å². The lowest BCUT2D eigenvalue weighted by Crippen LogP contribution is -2.19. The van der Waals surface area contributed by atoms with Gasteiger partial charge in [0.2, 0.25) is 0 Å². The van der Waals surface area contributed by atoms with Gasteiger partial charge in [0, 0.05) is 4.47 Å². The number of amidine groups is 1. The number of nitrogens with one attached hydrogen (secondary N) is 1. The van der Waals surface area contributed by atoms with Gasteiger partial charge < -0.3 is 14.8 Å². The van der Waals surface area contributed by atoms with E-state index >= 15 is 0 Å². The Morgan fingerprint density at radius 2 is 1.67 bits per heavy atom. The lowest BCUT2D eigenvalue weighted by molar-refractivity contribution is -0.115. The number of hydrogen-bond donors (Lipinski definition) is 1. The van der Waals surface area contributed by atoms with Crippen LogP contribution in [0.25, 0.3) is 6.08 Å². The summed E-state index contributed by atoms with van der Waals surface area (Å²) in [7, 11) is 1.54. The van der Waals surface area contributed by atoms with Crippen molar-refractivity contribution in [3.05, 3.63) is 87.5 Å². The molecule has 1 N–H and O–H groups in total. The van der Waals surface area contributed by atoms with Crippen molar-refractivity contribution in [3.63, 3.8) is 0 Å². The predicted octanol–water partition coefficient (Wildman–Crippen LogP) is 9.30. The normalized spacial score (nSPS) is 15.5. The maximum atomic E-state index is 12.6. The Balaban J connectivity index is 1.58. The Hall–Kier alpha value is -1.39. The zero-order valence-corrected chi connectivity index (χ0v) is 25.2. The van der Waals surface area contributed by atoms with Crippen molar-refractivity contribution in [2.24, 2.45) is 4.99 Å². The molecule has 0 saturated carbocycles. The summed E-state index contributed by atoms with van der Waals surface area (Å²) in [6.45, 7) is 0.242. The Bertz CT molecular complexity index is 1430. The van der Waals surface area contributed by atoms with Crippen LogP contribution in [0.4, 0.5) is 5.69 Å². The Morgan fingerprint density at radius 1 is 0.972 bits per heavy atom. The molecule has 1 fully saturated rings. The smallest absolute Gasteiger partial charge is 0.264 e. The molecule has 0 spiro atoms. The molecule has 0 bridgehead atoms. The molecular weight excluding hydrogens is 698 g/mol. The van der Waals surface area contributed by atoms with E-state index in [0.717, 1.165) is 5.56 Å².